The normalized spacial score (nSPS) is 9.50. The van der Waals surface area contributed by atoms with Crippen LogP contribution in [0.4, 0.5) is 0 Å². The molecule has 0 amide bonds. The minimum Gasteiger partial charge on any atom is -0.298 e. The highest BCUT2D eigenvalue weighted by atomic mass is 35.5. The number of hydrogen-bond acceptors (Lipinski definition) is 4. The van der Waals surface area contributed by atoms with E-state index in [-0.39, 0.29) is 17.2 Å². The minimum atomic E-state index is -0.974. The molecule has 0 N–H and O–H groups in total. The molecule has 5 nitrogen and oxygen atoms in total. The molecule has 0 radical (unpaired) electrons. The number of carbonyl (C=O) groups is 1. The van der Waals surface area contributed by atoms with Crippen LogP contribution in [0.2, 0.25) is 0 Å². The third kappa shape index (κ3) is 2.20. The van der Waals surface area contributed by atoms with E-state index in [1.54, 1.807) is 12.1 Å². The molecule has 74 valence electrons. The number of aldehydes is 1. The number of carbonyl (C=O) groups excluding carboxylic acids is 1. The summed E-state index contributed by atoms with van der Waals surface area (Å²) in [7, 11) is 0. The summed E-state index contributed by atoms with van der Waals surface area (Å²) in [6.07, 6.45) is 0.481. The summed E-state index contributed by atoms with van der Waals surface area (Å²) in [6, 6.07) is 4.55. The van der Waals surface area contributed by atoms with Crippen LogP contribution >= 0.6 is 11.6 Å². The number of benzene rings is 1. The van der Waals surface area contributed by atoms with Crippen molar-refractivity contribution in [1.82, 2.24) is 0 Å². The fourth-order valence-corrected chi connectivity index (χ4v) is 1.20. The molecule has 6 heteroatoms. The van der Waals surface area contributed by atoms with E-state index in [4.69, 9.17) is 11.6 Å². The number of hydrogen-bond donors (Lipinski definition) is 0. The average Bonchev–Trinajstić information content (AvgIpc) is 2.17. The molecular weight excluding hydrogens is 210 g/mol. The van der Waals surface area contributed by atoms with Crippen LogP contribution in [0.15, 0.2) is 18.2 Å². The molecular formula is C8H6ClNO4. The predicted octanol–water partition coefficient (Wildman–Crippen LogP) is 1.81. The Kier molecular flexibility index (Phi) is 3.41. The van der Waals surface area contributed by atoms with Gasteiger partial charge in [0.1, 0.15) is 5.75 Å². The fraction of sp³-hybridized carbons (Fsp3) is 0.125. The molecule has 14 heavy (non-hydrogen) atoms. The monoisotopic (exact) mass is 215 g/mol. The van der Waals surface area contributed by atoms with Crippen LogP contribution in [0.1, 0.15) is 15.9 Å². The highest BCUT2D eigenvalue weighted by Gasteiger charge is 2.11. The van der Waals surface area contributed by atoms with E-state index < -0.39 is 5.09 Å². The highest BCUT2D eigenvalue weighted by Crippen LogP contribution is 2.24. The van der Waals surface area contributed by atoms with Gasteiger partial charge in [0.2, 0.25) is 0 Å². The molecule has 0 heterocycles. The van der Waals surface area contributed by atoms with E-state index in [0.717, 1.165) is 0 Å². The Morgan fingerprint density at radius 3 is 2.79 bits per heavy atom. The average molecular weight is 216 g/mol. The Morgan fingerprint density at radius 1 is 1.57 bits per heavy atom. The Morgan fingerprint density at radius 2 is 2.29 bits per heavy atom. The molecule has 0 bridgehead atoms. The van der Waals surface area contributed by atoms with Crippen LogP contribution in [0.3, 0.4) is 0 Å². The number of nitrogens with zero attached hydrogens (tertiary/aromatic N) is 1. The van der Waals surface area contributed by atoms with E-state index in [1.807, 2.05) is 0 Å². The Labute approximate surface area is 84.3 Å². The van der Waals surface area contributed by atoms with Crippen molar-refractivity contribution >= 4 is 17.9 Å². The number of alkyl halides is 1. The quantitative estimate of drug-likeness (QED) is 0.332. The molecule has 0 atom stereocenters. The van der Waals surface area contributed by atoms with E-state index in [0.29, 0.717) is 11.8 Å². The maximum absolute atomic E-state index is 10.5. The van der Waals surface area contributed by atoms with Crippen LogP contribution < -0.4 is 4.84 Å². The maximum Gasteiger partial charge on any atom is 0.299 e. The van der Waals surface area contributed by atoms with Crippen molar-refractivity contribution in [2.24, 2.45) is 0 Å². The van der Waals surface area contributed by atoms with E-state index in [1.165, 1.54) is 6.07 Å². The lowest BCUT2D eigenvalue weighted by Crippen LogP contribution is -2.07. The summed E-state index contributed by atoms with van der Waals surface area (Å²) in [5.74, 6) is -0.0484. The van der Waals surface area contributed by atoms with Crippen molar-refractivity contribution < 1.29 is 14.7 Å². The molecule has 0 saturated carbocycles. The van der Waals surface area contributed by atoms with Gasteiger partial charge in [0.15, 0.2) is 6.29 Å². The zero-order valence-corrected chi connectivity index (χ0v) is 7.73. The van der Waals surface area contributed by atoms with Gasteiger partial charge in [-0.25, -0.2) is 0 Å². The van der Waals surface area contributed by atoms with Gasteiger partial charge in [-0.15, -0.1) is 21.7 Å². The first-order valence-corrected chi connectivity index (χ1v) is 4.18. The zero-order valence-electron chi connectivity index (χ0n) is 6.97. The van der Waals surface area contributed by atoms with E-state index >= 15 is 0 Å². The van der Waals surface area contributed by atoms with Gasteiger partial charge in [0.25, 0.3) is 5.09 Å². The first-order chi connectivity index (χ1) is 6.69. The third-order valence-corrected chi connectivity index (χ3v) is 1.85. The Bertz CT molecular complexity index is 366. The van der Waals surface area contributed by atoms with Crippen molar-refractivity contribution in [3.63, 3.8) is 0 Å². The number of para-hydroxylation sites is 1. The second-order valence-corrected chi connectivity index (χ2v) is 2.67. The lowest BCUT2D eigenvalue weighted by molar-refractivity contribution is -0.711. The summed E-state index contributed by atoms with van der Waals surface area (Å²) in [6.45, 7) is 0. The van der Waals surface area contributed by atoms with Gasteiger partial charge in [-0.2, -0.15) is 0 Å². The van der Waals surface area contributed by atoms with Gasteiger partial charge in [0, 0.05) is 11.4 Å². The van der Waals surface area contributed by atoms with Crippen molar-refractivity contribution in [3.05, 3.63) is 39.4 Å². The smallest absolute Gasteiger partial charge is 0.298 e. The summed E-state index contributed by atoms with van der Waals surface area (Å²) in [4.78, 5) is 24.9. The molecule has 0 saturated heterocycles. The summed E-state index contributed by atoms with van der Waals surface area (Å²) < 4.78 is 0. The largest absolute Gasteiger partial charge is 0.299 e. The molecule has 0 aliphatic heterocycles. The van der Waals surface area contributed by atoms with Crippen molar-refractivity contribution in [2.45, 2.75) is 5.88 Å². The molecule has 0 aliphatic rings. The fourth-order valence-electron chi connectivity index (χ4n) is 0.989. The van der Waals surface area contributed by atoms with Gasteiger partial charge in [-0.3, -0.25) is 9.63 Å². The molecule has 1 aromatic carbocycles. The SMILES string of the molecule is O=Cc1cccc(CCl)c1O[N+](=O)[O-]. The second kappa shape index (κ2) is 4.57. The van der Waals surface area contributed by atoms with Gasteiger partial charge in [-0.05, 0) is 11.6 Å². The summed E-state index contributed by atoms with van der Waals surface area (Å²) >= 11 is 5.53. The number of rotatable bonds is 4. The summed E-state index contributed by atoms with van der Waals surface area (Å²) in [5, 5.41) is 9.16. The van der Waals surface area contributed by atoms with Crippen LogP contribution in [0, 0.1) is 10.1 Å². The molecule has 1 rings (SSSR count). The van der Waals surface area contributed by atoms with Crippen LogP contribution in [-0.4, -0.2) is 11.4 Å². The molecule has 0 aromatic heterocycles. The van der Waals surface area contributed by atoms with Gasteiger partial charge in [0.05, 0.1) is 0 Å². The van der Waals surface area contributed by atoms with Crippen molar-refractivity contribution in [3.8, 4) is 5.75 Å². The third-order valence-electron chi connectivity index (χ3n) is 1.56. The van der Waals surface area contributed by atoms with Crippen molar-refractivity contribution in [2.75, 3.05) is 0 Å². The highest BCUT2D eigenvalue weighted by molar-refractivity contribution is 6.17. The predicted molar refractivity (Wildman–Crippen MR) is 49.0 cm³/mol. The van der Waals surface area contributed by atoms with E-state index in [2.05, 4.69) is 4.84 Å². The molecule has 0 aliphatic carbocycles. The van der Waals surface area contributed by atoms with Gasteiger partial charge >= 0.3 is 0 Å². The first-order valence-electron chi connectivity index (χ1n) is 3.64. The topological polar surface area (TPSA) is 69.4 Å². The molecule has 0 unspecified atom stereocenters. The van der Waals surface area contributed by atoms with Gasteiger partial charge in [-0.1, -0.05) is 12.1 Å². The maximum atomic E-state index is 10.5. The summed E-state index contributed by atoms with van der Waals surface area (Å²) in [5.41, 5.74) is 0.521. The van der Waals surface area contributed by atoms with Crippen LogP contribution in [-0.2, 0) is 5.88 Å². The van der Waals surface area contributed by atoms with Gasteiger partial charge < -0.3 is 0 Å². The minimum absolute atomic E-state index is 0.0465. The molecule has 1 aromatic rings. The lowest BCUT2D eigenvalue weighted by Gasteiger charge is -2.06. The second-order valence-electron chi connectivity index (χ2n) is 2.40. The standard InChI is InChI=1S/C8H6ClNO4/c9-4-6-2-1-3-7(5-11)8(6)14-10(12)13/h1-3,5H,4H2. The molecule has 0 spiro atoms. The lowest BCUT2D eigenvalue weighted by atomic mass is 10.1. The van der Waals surface area contributed by atoms with Crippen LogP contribution in [0.25, 0.3) is 0 Å². The zero-order chi connectivity index (χ0) is 10.6. The Hall–Kier alpha value is -1.62. The molecule has 0 fully saturated rings. The Balaban J connectivity index is 3.18. The number of halogens is 1. The van der Waals surface area contributed by atoms with Crippen molar-refractivity contribution in [1.29, 1.82) is 0 Å². The first kappa shape index (κ1) is 10.5. The van der Waals surface area contributed by atoms with E-state index in [9.17, 15) is 14.9 Å². The van der Waals surface area contributed by atoms with Crippen LogP contribution in [0.5, 0.6) is 5.75 Å².